The van der Waals surface area contributed by atoms with Crippen LogP contribution in [0.1, 0.15) is 15.9 Å². The number of ether oxygens (including phenoxy) is 1. The number of anilines is 1. The molecule has 1 aromatic heterocycles. The Morgan fingerprint density at radius 3 is 2.62 bits per heavy atom. The number of nitrogen functional groups attached to an aromatic ring is 1. The van der Waals surface area contributed by atoms with Gasteiger partial charge in [-0.1, -0.05) is 12.1 Å². The van der Waals surface area contributed by atoms with Crippen molar-refractivity contribution in [2.75, 3.05) is 5.73 Å². The van der Waals surface area contributed by atoms with Gasteiger partial charge in [-0.05, 0) is 35.9 Å². The lowest BCUT2D eigenvalue weighted by Crippen LogP contribution is -2.04. The van der Waals surface area contributed by atoms with E-state index in [1.165, 1.54) is 29.5 Å². The predicted octanol–water partition coefficient (Wildman–Crippen LogP) is 3.81. The van der Waals surface area contributed by atoms with E-state index >= 15 is 0 Å². The van der Waals surface area contributed by atoms with Crippen molar-refractivity contribution in [1.82, 2.24) is 4.98 Å². The average molecular weight is 344 g/mol. The maximum atomic E-state index is 12.9. The van der Waals surface area contributed by atoms with Gasteiger partial charge in [0.05, 0.1) is 5.69 Å². The van der Waals surface area contributed by atoms with Gasteiger partial charge in [-0.15, -0.1) is 11.3 Å². The molecule has 0 spiro atoms. The van der Waals surface area contributed by atoms with E-state index in [1.54, 1.807) is 29.6 Å². The molecular formula is C17H13FN2O3S. The number of aromatic carboxylic acids is 1. The molecule has 122 valence electrons. The average Bonchev–Trinajstić information content (AvgIpc) is 3.00. The third kappa shape index (κ3) is 3.52. The molecule has 3 N–H and O–H groups in total. The molecule has 1 heterocycles. The van der Waals surface area contributed by atoms with Crippen molar-refractivity contribution in [3.8, 4) is 17.0 Å². The normalized spacial score (nSPS) is 10.5. The Morgan fingerprint density at radius 1 is 1.25 bits per heavy atom. The van der Waals surface area contributed by atoms with Crippen molar-refractivity contribution in [2.24, 2.45) is 0 Å². The third-order valence-electron chi connectivity index (χ3n) is 3.34. The molecule has 0 amide bonds. The standard InChI is InChI=1S/C17H13FN2O3S/c18-12-4-1-10(2-5-12)8-23-15-6-3-11(7-13(15)16(21)22)14-9-24-17(19)20-14/h1-7,9H,8H2,(H2,19,20)(H,21,22). The molecule has 0 aliphatic heterocycles. The summed E-state index contributed by atoms with van der Waals surface area (Å²) in [7, 11) is 0. The van der Waals surface area contributed by atoms with Crippen LogP contribution in [0, 0.1) is 5.82 Å². The number of halogens is 1. The van der Waals surface area contributed by atoms with Crippen molar-refractivity contribution in [2.45, 2.75) is 6.61 Å². The van der Waals surface area contributed by atoms with E-state index in [2.05, 4.69) is 4.98 Å². The van der Waals surface area contributed by atoms with Gasteiger partial charge in [0.1, 0.15) is 23.7 Å². The Bertz CT molecular complexity index is 878. The number of carboxylic acid groups (broad SMARTS) is 1. The van der Waals surface area contributed by atoms with Gasteiger partial charge in [0.15, 0.2) is 5.13 Å². The summed E-state index contributed by atoms with van der Waals surface area (Å²) >= 11 is 1.28. The van der Waals surface area contributed by atoms with E-state index in [0.29, 0.717) is 16.4 Å². The number of thiazole rings is 1. The second-order valence-corrected chi connectivity index (χ2v) is 5.89. The maximum Gasteiger partial charge on any atom is 0.339 e. The molecule has 0 unspecified atom stereocenters. The second-order valence-electron chi connectivity index (χ2n) is 5.00. The summed E-state index contributed by atoms with van der Waals surface area (Å²) in [6.07, 6.45) is 0. The van der Waals surface area contributed by atoms with Crippen molar-refractivity contribution in [3.63, 3.8) is 0 Å². The Hall–Kier alpha value is -2.93. The smallest absolute Gasteiger partial charge is 0.339 e. The first kappa shape index (κ1) is 15.9. The highest BCUT2D eigenvalue weighted by atomic mass is 32.1. The van der Waals surface area contributed by atoms with E-state index in [1.807, 2.05) is 0 Å². The number of carbonyl (C=O) groups is 1. The lowest BCUT2D eigenvalue weighted by atomic mass is 10.1. The van der Waals surface area contributed by atoms with Gasteiger partial charge in [0.2, 0.25) is 0 Å². The third-order valence-corrected chi connectivity index (χ3v) is 4.01. The SMILES string of the molecule is Nc1nc(-c2ccc(OCc3ccc(F)cc3)c(C(=O)O)c2)cs1. The fourth-order valence-corrected chi connectivity index (χ4v) is 2.72. The summed E-state index contributed by atoms with van der Waals surface area (Å²) in [6, 6.07) is 10.6. The Morgan fingerprint density at radius 2 is 2.00 bits per heavy atom. The van der Waals surface area contributed by atoms with Gasteiger partial charge >= 0.3 is 5.97 Å². The zero-order valence-corrected chi connectivity index (χ0v) is 13.2. The molecule has 3 aromatic rings. The molecule has 0 fully saturated rings. The molecule has 0 atom stereocenters. The highest BCUT2D eigenvalue weighted by molar-refractivity contribution is 7.13. The first-order valence-corrected chi connectivity index (χ1v) is 7.87. The van der Waals surface area contributed by atoms with Gasteiger partial charge in [-0.25, -0.2) is 14.2 Å². The highest BCUT2D eigenvalue weighted by Gasteiger charge is 2.14. The number of hydrogen-bond donors (Lipinski definition) is 2. The van der Waals surface area contributed by atoms with Crippen molar-refractivity contribution in [3.05, 3.63) is 64.8 Å². The predicted molar refractivity (Wildman–Crippen MR) is 89.7 cm³/mol. The van der Waals surface area contributed by atoms with Crippen molar-refractivity contribution < 1.29 is 19.0 Å². The molecular weight excluding hydrogens is 331 g/mol. The van der Waals surface area contributed by atoms with Crippen molar-refractivity contribution >= 4 is 22.4 Å². The first-order chi connectivity index (χ1) is 11.5. The van der Waals surface area contributed by atoms with Crippen LogP contribution in [-0.4, -0.2) is 16.1 Å². The summed E-state index contributed by atoms with van der Waals surface area (Å²) < 4.78 is 18.5. The summed E-state index contributed by atoms with van der Waals surface area (Å²) in [6.45, 7) is 0.142. The zero-order chi connectivity index (χ0) is 17.1. The molecule has 0 radical (unpaired) electrons. The summed E-state index contributed by atoms with van der Waals surface area (Å²) in [4.78, 5) is 15.6. The van der Waals surface area contributed by atoms with Crippen LogP contribution in [0.3, 0.4) is 0 Å². The van der Waals surface area contributed by atoms with Crippen LogP contribution >= 0.6 is 11.3 Å². The van der Waals surface area contributed by atoms with Gasteiger partial charge in [-0.2, -0.15) is 0 Å². The van der Waals surface area contributed by atoms with Crippen LogP contribution in [-0.2, 0) is 6.61 Å². The largest absolute Gasteiger partial charge is 0.488 e. The molecule has 0 bridgehead atoms. The van der Waals surface area contributed by atoms with E-state index in [4.69, 9.17) is 10.5 Å². The lowest BCUT2D eigenvalue weighted by Gasteiger charge is -2.10. The molecule has 0 aliphatic rings. The van der Waals surface area contributed by atoms with Gasteiger partial charge in [-0.3, -0.25) is 0 Å². The minimum Gasteiger partial charge on any atom is -0.488 e. The molecule has 0 saturated heterocycles. The minimum atomic E-state index is -1.10. The maximum absolute atomic E-state index is 12.9. The molecule has 7 heteroatoms. The molecule has 3 rings (SSSR count). The lowest BCUT2D eigenvalue weighted by molar-refractivity contribution is 0.0692. The van der Waals surface area contributed by atoms with Crippen molar-refractivity contribution in [1.29, 1.82) is 0 Å². The van der Waals surface area contributed by atoms with E-state index in [0.717, 1.165) is 5.56 Å². The van der Waals surface area contributed by atoms with Crippen LogP contribution in [0.15, 0.2) is 47.8 Å². The topological polar surface area (TPSA) is 85.4 Å². The van der Waals surface area contributed by atoms with Gasteiger partial charge in [0.25, 0.3) is 0 Å². The monoisotopic (exact) mass is 344 g/mol. The van der Waals surface area contributed by atoms with Gasteiger partial charge < -0.3 is 15.6 Å². The summed E-state index contributed by atoms with van der Waals surface area (Å²) in [5.74, 6) is -1.20. The number of benzene rings is 2. The fraction of sp³-hybridized carbons (Fsp3) is 0.0588. The molecule has 0 aliphatic carbocycles. The molecule has 24 heavy (non-hydrogen) atoms. The summed E-state index contributed by atoms with van der Waals surface area (Å²) in [5.41, 5.74) is 7.64. The number of carboxylic acids is 1. The number of nitrogens with zero attached hydrogens (tertiary/aromatic N) is 1. The molecule has 2 aromatic carbocycles. The second kappa shape index (κ2) is 6.67. The van der Waals surface area contributed by atoms with E-state index in [9.17, 15) is 14.3 Å². The first-order valence-electron chi connectivity index (χ1n) is 6.99. The number of rotatable bonds is 5. The number of nitrogens with two attached hydrogens (primary N) is 1. The van der Waals surface area contributed by atoms with Crippen LogP contribution in [0.2, 0.25) is 0 Å². The van der Waals surface area contributed by atoms with Crippen LogP contribution in [0.5, 0.6) is 5.75 Å². The van der Waals surface area contributed by atoms with E-state index in [-0.39, 0.29) is 23.7 Å². The number of aromatic nitrogens is 1. The Labute approximate surface area is 141 Å². The summed E-state index contributed by atoms with van der Waals surface area (Å²) in [5, 5.41) is 11.6. The van der Waals surface area contributed by atoms with Crippen LogP contribution in [0.25, 0.3) is 11.3 Å². The Kier molecular flexibility index (Phi) is 4.43. The quantitative estimate of drug-likeness (QED) is 0.735. The number of hydrogen-bond acceptors (Lipinski definition) is 5. The molecule has 5 nitrogen and oxygen atoms in total. The van der Waals surface area contributed by atoms with Crippen LogP contribution in [0.4, 0.5) is 9.52 Å². The fourth-order valence-electron chi connectivity index (χ4n) is 2.14. The highest BCUT2D eigenvalue weighted by Crippen LogP contribution is 2.29. The van der Waals surface area contributed by atoms with Crippen LogP contribution < -0.4 is 10.5 Å². The van der Waals surface area contributed by atoms with E-state index < -0.39 is 5.97 Å². The zero-order valence-electron chi connectivity index (χ0n) is 12.4. The molecule has 0 saturated carbocycles. The van der Waals surface area contributed by atoms with Gasteiger partial charge in [0, 0.05) is 10.9 Å². The minimum absolute atomic E-state index is 0.0289. The Balaban J connectivity index is 1.84.